The van der Waals surface area contributed by atoms with Crippen LogP contribution in [-0.2, 0) is 9.59 Å². The number of Topliss-reactive ketones (excluding diaryl/α,β-unsaturated/α-hetero) is 1. The van der Waals surface area contributed by atoms with Gasteiger partial charge in [-0.15, -0.1) is 6.58 Å². The molecule has 218 valence electrons. The van der Waals surface area contributed by atoms with Crippen LogP contribution in [0.25, 0.3) is 0 Å². The van der Waals surface area contributed by atoms with Crippen LogP contribution in [0.2, 0.25) is 0 Å². The molecule has 5 nitrogen and oxygen atoms in total. The average Bonchev–Trinajstić information content (AvgIpc) is 3.09. The summed E-state index contributed by atoms with van der Waals surface area (Å²) in [6.45, 7) is 21.6. The molecule has 1 amide bonds. The van der Waals surface area contributed by atoms with Crippen molar-refractivity contribution in [2.75, 3.05) is 7.05 Å². The van der Waals surface area contributed by atoms with E-state index in [0.717, 1.165) is 31.3 Å². The number of ketones is 1. The van der Waals surface area contributed by atoms with Gasteiger partial charge in [-0.2, -0.15) is 0 Å². The molecule has 3 N–H and O–H groups in total. The first kappa shape index (κ1) is 34.2. The highest BCUT2D eigenvalue weighted by atomic mass is 16.3. The number of aliphatic hydroxyl groups is 1. The lowest BCUT2D eigenvalue weighted by atomic mass is 9.70. The number of rotatable bonds is 15. The predicted octanol–water partition coefficient (Wildman–Crippen LogP) is 7.76. The molecule has 4 atom stereocenters. The Morgan fingerprint density at radius 3 is 2.33 bits per heavy atom. The number of allylic oxidation sites excluding steroid dienone is 7. The summed E-state index contributed by atoms with van der Waals surface area (Å²) in [7, 11) is 1.65. The van der Waals surface area contributed by atoms with Crippen LogP contribution in [0.3, 0.4) is 0 Å². The van der Waals surface area contributed by atoms with Crippen molar-refractivity contribution in [2.24, 2.45) is 28.6 Å². The molecule has 0 bridgehead atoms. The smallest absolute Gasteiger partial charge is 0.257 e. The number of amides is 1. The minimum atomic E-state index is -0.615. The lowest BCUT2D eigenvalue weighted by Crippen LogP contribution is -2.37. The molecule has 0 aromatic carbocycles. The van der Waals surface area contributed by atoms with Crippen LogP contribution in [0.15, 0.2) is 72.2 Å². The Bertz CT molecular complexity index is 986. The Kier molecular flexibility index (Phi) is 13.8. The maximum Gasteiger partial charge on any atom is 0.257 e. The van der Waals surface area contributed by atoms with E-state index >= 15 is 0 Å². The van der Waals surface area contributed by atoms with E-state index in [1.807, 2.05) is 31.2 Å². The van der Waals surface area contributed by atoms with Crippen LogP contribution < -0.4 is 10.6 Å². The van der Waals surface area contributed by atoms with Gasteiger partial charge < -0.3 is 15.7 Å². The van der Waals surface area contributed by atoms with Crippen molar-refractivity contribution in [3.63, 3.8) is 0 Å². The molecule has 0 aromatic heterocycles. The lowest BCUT2D eigenvalue weighted by Gasteiger charge is -2.36. The van der Waals surface area contributed by atoms with E-state index < -0.39 is 17.9 Å². The van der Waals surface area contributed by atoms with Crippen LogP contribution in [0, 0.1) is 28.6 Å². The summed E-state index contributed by atoms with van der Waals surface area (Å²) in [4.78, 5) is 26.4. The van der Waals surface area contributed by atoms with Gasteiger partial charge >= 0.3 is 0 Å². The first-order valence-corrected chi connectivity index (χ1v) is 14.5. The largest absolute Gasteiger partial charge is 0.513 e. The van der Waals surface area contributed by atoms with Crippen LogP contribution in [0.5, 0.6) is 0 Å². The quantitative estimate of drug-likeness (QED) is 0.0655. The maximum atomic E-state index is 13.2. The number of hydrogen-bond acceptors (Lipinski definition) is 4. The fourth-order valence-electron chi connectivity index (χ4n) is 5.14. The zero-order valence-electron chi connectivity index (χ0n) is 25.9. The highest BCUT2D eigenvalue weighted by Gasteiger charge is 2.31. The molecular formula is C34H54N2O3. The van der Waals surface area contributed by atoms with Gasteiger partial charge in [0.15, 0.2) is 5.78 Å². The Balaban J connectivity index is 3.03. The van der Waals surface area contributed by atoms with Crippen LogP contribution >= 0.6 is 0 Å². The summed E-state index contributed by atoms with van der Waals surface area (Å²) < 4.78 is 0. The van der Waals surface area contributed by atoms with Gasteiger partial charge in [-0.05, 0) is 48.5 Å². The summed E-state index contributed by atoms with van der Waals surface area (Å²) >= 11 is 0. The fraction of sp³-hybridized carbons (Fsp3) is 0.588. The molecular weight excluding hydrogens is 484 g/mol. The van der Waals surface area contributed by atoms with Crippen molar-refractivity contribution in [3.05, 3.63) is 72.2 Å². The molecule has 3 unspecified atom stereocenters. The summed E-state index contributed by atoms with van der Waals surface area (Å²) in [6.07, 6.45) is 18.9. The molecule has 0 spiro atoms. The Hall–Kier alpha value is -2.82. The number of carbonyl (C=O) groups is 2. The van der Waals surface area contributed by atoms with Gasteiger partial charge in [0.05, 0.1) is 23.3 Å². The minimum absolute atomic E-state index is 0.0136. The predicted molar refractivity (Wildman–Crippen MR) is 165 cm³/mol. The molecule has 0 fully saturated rings. The average molecular weight is 539 g/mol. The maximum absolute atomic E-state index is 13.2. The number of nitrogens with one attached hydrogen (secondary N) is 2. The summed E-state index contributed by atoms with van der Waals surface area (Å²) in [5.74, 6) is -0.316. The number of hydrogen-bond donors (Lipinski definition) is 3. The van der Waals surface area contributed by atoms with E-state index in [1.54, 1.807) is 25.3 Å². The van der Waals surface area contributed by atoms with Gasteiger partial charge in [-0.25, -0.2) is 0 Å². The highest BCUT2D eigenvalue weighted by molar-refractivity contribution is 6.21. The zero-order chi connectivity index (χ0) is 29.8. The van der Waals surface area contributed by atoms with Gasteiger partial charge in [-0.3, -0.25) is 9.59 Å². The molecule has 0 saturated heterocycles. The van der Waals surface area contributed by atoms with Crippen LogP contribution in [-0.4, -0.2) is 29.9 Å². The zero-order valence-corrected chi connectivity index (χ0v) is 25.9. The topological polar surface area (TPSA) is 78.4 Å². The van der Waals surface area contributed by atoms with Crippen molar-refractivity contribution in [1.29, 1.82) is 0 Å². The molecule has 1 aliphatic rings. The highest BCUT2D eigenvalue weighted by Crippen LogP contribution is 2.40. The van der Waals surface area contributed by atoms with E-state index in [9.17, 15) is 14.7 Å². The molecule has 0 heterocycles. The molecule has 1 aliphatic carbocycles. The van der Waals surface area contributed by atoms with Gasteiger partial charge in [0.1, 0.15) is 0 Å². The minimum Gasteiger partial charge on any atom is -0.513 e. The Morgan fingerprint density at radius 2 is 1.79 bits per heavy atom. The van der Waals surface area contributed by atoms with Gasteiger partial charge in [-0.1, -0.05) is 103 Å². The van der Waals surface area contributed by atoms with Crippen molar-refractivity contribution in [1.82, 2.24) is 10.6 Å². The summed E-state index contributed by atoms with van der Waals surface area (Å²) in [5, 5.41) is 16.7. The third kappa shape index (κ3) is 11.4. The fourth-order valence-corrected chi connectivity index (χ4v) is 5.14. The first-order valence-electron chi connectivity index (χ1n) is 14.5. The normalized spacial score (nSPS) is 19.0. The van der Waals surface area contributed by atoms with Gasteiger partial charge in [0, 0.05) is 19.7 Å². The standard InChI is InChI=1S/C34H54N2O3/c1-11-28(36-32(39)30(23-35-10)31(38)26-17-15-14-16-24(4)18-26)21-29(37)20-27(33(6,7)8)19-25(5)22-34(9,12-2)13-3/h11,14-18,21,23,25-28,35,37H,1,12-13,19-20,22H2,2-10H3,(H,36,39)/b29-21+,30-23+/t25-,26?,27?,28?/m0/s1. The molecule has 0 aromatic rings. The SMILES string of the molecule is C=CC(/C=C(/O)CC(C[C@H](C)CC(C)(CC)CC)C(C)(C)C)NC(=O)/C(=C/NC)C(=O)C1C=CC=CC(C)=C1. The van der Waals surface area contributed by atoms with Gasteiger partial charge in [0.2, 0.25) is 0 Å². The summed E-state index contributed by atoms with van der Waals surface area (Å²) in [6, 6.07) is -0.615. The third-order valence-corrected chi connectivity index (χ3v) is 8.17. The second-order valence-electron chi connectivity index (χ2n) is 12.6. The van der Waals surface area contributed by atoms with Gasteiger partial charge in [0.25, 0.3) is 5.91 Å². The monoisotopic (exact) mass is 538 g/mol. The molecule has 0 saturated carbocycles. The molecule has 1 rings (SSSR count). The molecule has 5 heteroatoms. The Labute approximate surface area is 238 Å². The van der Waals surface area contributed by atoms with E-state index in [2.05, 4.69) is 65.7 Å². The third-order valence-electron chi connectivity index (χ3n) is 8.17. The molecule has 0 radical (unpaired) electrons. The number of aliphatic hydroxyl groups excluding tert-OH is 1. The summed E-state index contributed by atoms with van der Waals surface area (Å²) in [5.41, 5.74) is 1.33. The first-order chi connectivity index (χ1) is 18.2. The second-order valence-corrected chi connectivity index (χ2v) is 12.6. The van der Waals surface area contributed by atoms with Crippen molar-refractivity contribution >= 4 is 11.7 Å². The van der Waals surface area contributed by atoms with Crippen molar-refractivity contribution in [2.45, 2.75) is 93.5 Å². The Morgan fingerprint density at radius 1 is 1.15 bits per heavy atom. The van der Waals surface area contributed by atoms with Crippen molar-refractivity contribution < 1.29 is 14.7 Å². The van der Waals surface area contributed by atoms with Crippen LogP contribution in [0.1, 0.15) is 87.5 Å². The molecule has 0 aliphatic heterocycles. The van der Waals surface area contributed by atoms with Crippen molar-refractivity contribution in [3.8, 4) is 0 Å². The van der Waals surface area contributed by atoms with E-state index in [0.29, 0.717) is 17.8 Å². The van der Waals surface area contributed by atoms with E-state index in [-0.39, 0.29) is 28.4 Å². The lowest BCUT2D eigenvalue weighted by molar-refractivity contribution is -0.123. The molecule has 39 heavy (non-hydrogen) atoms. The second kappa shape index (κ2) is 15.7. The van der Waals surface area contributed by atoms with E-state index in [4.69, 9.17) is 0 Å². The number of carbonyl (C=O) groups excluding carboxylic acids is 2. The van der Waals surface area contributed by atoms with E-state index in [1.165, 1.54) is 6.20 Å². The van der Waals surface area contributed by atoms with Crippen LogP contribution in [0.4, 0.5) is 0 Å².